The van der Waals surface area contributed by atoms with E-state index in [0.717, 1.165) is 6.21 Å². The van der Waals surface area contributed by atoms with Gasteiger partial charge in [0.25, 0.3) is 0 Å². The Labute approximate surface area is 66.4 Å². The van der Waals surface area contributed by atoms with Crippen molar-refractivity contribution in [2.75, 3.05) is 0 Å². The number of oxime groups is 1. The molecule has 1 fully saturated rings. The molecule has 7 nitrogen and oxygen atoms in total. The molecule has 0 unspecified atom stereocenters. The van der Waals surface area contributed by atoms with Crippen LogP contribution in [0.2, 0.25) is 0 Å². The molecular formula is C5H5N3O4. The number of carbonyl (C=O) groups excluding carboxylic acids is 3. The van der Waals surface area contributed by atoms with Crippen molar-refractivity contribution in [1.29, 1.82) is 0 Å². The largest absolute Gasteiger partial charge is 0.411 e. The first-order valence-corrected chi connectivity index (χ1v) is 2.98. The fraction of sp³-hybridized carbons (Fsp3) is 0.200. The lowest BCUT2D eigenvalue weighted by Gasteiger charge is -2.16. The quantitative estimate of drug-likeness (QED) is 0.191. The minimum Gasteiger partial charge on any atom is -0.411 e. The van der Waals surface area contributed by atoms with Crippen LogP contribution in [0.25, 0.3) is 0 Å². The first-order chi connectivity index (χ1) is 5.65. The molecule has 1 aliphatic heterocycles. The first-order valence-electron chi connectivity index (χ1n) is 2.98. The minimum absolute atomic E-state index is 0.733. The van der Waals surface area contributed by atoms with Crippen molar-refractivity contribution in [2.45, 2.75) is 0 Å². The van der Waals surface area contributed by atoms with E-state index in [9.17, 15) is 14.4 Å². The van der Waals surface area contributed by atoms with Crippen LogP contribution in [0.4, 0.5) is 4.79 Å². The lowest BCUT2D eigenvalue weighted by molar-refractivity contribution is -0.132. The first kappa shape index (κ1) is 8.18. The van der Waals surface area contributed by atoms with Crippen molar-refractivity contribution >= 4 is 24.1 Å². The van der Waals surface area contributed by atoms with E-state index < -0.39 is 23.8 Å². The third kappa shape index (κ3) is 1.39. The molecule has 0 aromatic carbocycles. The highest BCUT2D eigenvalue weighted by Gasteiger charge is 2.32. The van der Waals surface area contributed by atoms with Crippen LogP contribution in [0.1, 0.15) is 0 Å². The van der Waals surface area contributed by atoms with Crippen LogP contribution in [0.5, 0.6) is 0 Å². The molecule has 0 saturated carbocycles. The molecule has 0 aromatic rings. The summed E-state index contributed by atoms with van der Waals surface area (Å²) in [6.07, 6.45) is 0.733. The van der Waals surface area contributed by atoms with Crippen molar-refractivity contribution in [3.63, 3.8) is 0 Å². The molecule has 0 aliphatic carbocycles. The molecule has 1 heterocycles. The smallest absolute Gasteiger partial charge is 0.328 e. The summed E-state index contributed by atoms with van der Waals surface area (Å²) < 4.78 is 0. The highest BCUT2D eigenvalue weighted by molar-refractivity contribution is 6.23. The number of barbiturate groups is 1. The van der Waals surface area contributed by atoms with Crippen molar-refractivity contribution < 1.29 is 19.6 Å². The third-order valence-corrected chi connectivity index (χ3v) is 1.25. The Kier molecular flexibility index (Phi) is 2.04. The fourth-order valence-corrected chi connectivity index (χ4v) is 0.732. The summed E-state index contributed by atoms with van der Waals surface area (Å²) in [7, 11) is 0. The van der Waals surface area contributed by atoms with E-state index >= 15 is 0 Å². The van der Waals surface area contributed by atoms with Gasteiger partial charge >= 0.3 is 6.03 Å². The van der Waals surface area contributed by atoms with Crippen LogP contribution < -0.4 is 10.6 Å². The zero-order valence-electron chi connectivity index (χ0n) is 5.77. The van der Waals surface area contributed by atoms with E-state index in [1.54, 1.807) is 0 Å². The summed E-state index contributed by atoms with van der Waals surface area (Å²) in [5.41, 5.74) is 0. The number of nitrogens with one attached hydrogen (secondary N) is 2. The van der Waals surface area contributed by atoms with Crippen LogP contribution >= 0.6 is 0 Å². The maximum absolute atomic E-state index is 10.8. The van der Waals surface area contributed by atoms with E-state index in [4.69, 9.17) is 5.21 Å². The molecule has 1 saturated heterocycles. The predicted molar refractivity (Wildman–Crippen MR) is 35.4 cm³/mol. The fourth-order valence-electron chi connectivity index (χ4n) is 0.732. The molecule has 0 spiro atoms. The lowest BCUT2D eigenvalue weighted by atomic mass is 10.1. The molecule has 3 N–H and O–H groups in total. The van der Waals surface area contributed by atoms with Gasteiger partial charge in [-0.05, 0) is 0 Å². The Hall–Kier alpha value is -1.92. The normalized spacial score (nSPS) is 19.5. The van der Waals surface area contributed by atoms with E-state index in [-0.39, 0.29) is 0 Å². The summed E-state index contributed by atoms with van der Waals surface area (Å²) in [6, 6.07) is -0.868. The number of nitrogens with zero attached hydrogens (tertiary/aromatic N) is 1. The molecule has 0 aromatic heterocycles. The van der Waals surface area contributed by atoms with E-state index in [1.165, 1.54) is 0 Å². The maximum Gasteiger partial charge on any atom is 0.328 e. The average molecular weight is 171 g/mol. The molecule has 4 amide bonds. The van der Waals surface area contributed by atoms with Gasteiger partial charge in [0.2, 0.25) is 11.8 Å². The van der Waals surface area contributed by atoms with Gasteiger partial charge in [-0.3, -0.25) is 20.2 Å². The number of hydrogen-bond acceptors (Lipinski definition) is 5. The second-order valence-corrected chi connectivity index (χ2v) is 2.05. The van der Waals surface area contributed by atoms with Crippen molar-refractivity contribution in [2.24, 2.45) is 11.1 Å². The average Bonchev–Trinajstić information content (AvgIpc) is 1.96. The van der Waals surface area contributed by atoms with Crippen LogP contribution in [0.3, 0.4) is 0 Å². The Bertz CT molecular complexity index is 252. The number of carbonyl (C=O) groups is 3. The maximum atomic E-state index is 10.8. The van der Waals surface area contributed by atoms with Gasteiger partial charge in [-0.25, -0.2) is 4.79 Å². The van der Waals surface area contributed by atoms with Gasteiger partial charge in [0.1, 0.15) is 0 Å². The highest BCUT2D eigenvalue weighted by atomic mass is 16.4. The molecule has 0 radical (unpaired) electrons. The Morgan fingerprint density at radius 2 is 1.75 bits per heavy atom. The Balaban J connectivity index is 2.80. The summed E-state index contributed by atoms with van der Waals surface area (Å²) in [5, 5.41) is 14.2. The SMILES string of the molecule is O=C1NC(=O)C(/C=N/O)C(=O)N1. The predicted octanol–water partition coefficient (Wildman–Crippen LogP) is -1.57. The number of amides is 4. The summed E-state index contributed by atoms with van der Waals surface area (Å²) >= 11 is 0. The van der Waals surface area contributed by atoms with Gasteiger partial charge in [-0.2, -0.15) is 0 Å². The van der Waals surface area contributed by atoms with Gasteiger partial charge in [0, 0.05) is 0 Å². The van der Waals surface area contributed by atoms with E-state index in [0.29, 0.717) is 0 Å². The Morgan fingerprint density at radius 3 is 2.17 bits per heavy atom. The third-order valence-electron chi connectivity index (χ3n) is 1.25. The van der Waals surface area contributed by atoms with E-state index in [2.05, 4.69) is 5.16 Å². The molecule has 0 atom stereocenters. The molecule has 1 aliphatic rings. The van der Waals surface area contributed by atoms with Gasteiger partial charge in [0.05, 0.1) is 6.21 Å². The van der Waals surface area contributed by atoms with Gasteiger partial charge in [0.15, 0.2) is 5.92 Å². The van der Waals surface area contributed by atoms with Crippen LogP contribution in [0.15, 0.2) is 5.16 Å². The van der Waals surface area contributed by atoms with Crippen molar-refractivity contribution in [3.05, 3.63) is 0 Å². The molecule has 7 heteroatoms. The summed E-state index contributed by atoms with van der Waals surface area (Å²) in [5.74, 6) is -2.85. The summed E-state index contributed by atoms with van der Waals surface area (Å²) in [6.45, 7) is 0. The molecule has 12 heavy (non-hydrogen) atoms. The zero-order valence-corrected chi connectivity index (χ0v) is 5.77. The van der Waals surface area contributed by atoms with Gasteiger partial charge in [-0.15, -0.1) is 5.16 Å². The number of rotatable bonds is 1. The van der Waals surface area contributed by atoms with Gasteiger partial charge in [-0.1, -0.05) is 0 Å². The minimum atomic E-state index is -1.24. The lowest BCUT2D eigenvalue weighted by Crippen LogP contribution is -2.56. The molecule has 1 rings (SSSR count). The zero-order chi connectivity index (χ0) is 9.14. The molecule has 0 bridgehead atoms. The second kappa shape index (κ2) is 2.99. The second-order valence-electron chi connectivity index (χ2n) is 2.05. The monoisotopic (exact) mass is 171 g/mol. The van der Waals surface area contributed by atoms with Gasteiger partial charge < -0.3 is 5.21 Å². The number of imide groups is 2. The van der Waals surface area contributed by atoms with Crippen molar-refractivity contribution in [3.8, 4) is 0 Å². The summed E-state index contributed by atoms with van der Waals surface area (Å²) in [4.78, 5) is 32.1. The molecule has 64 valence electrons. The van der Waals surface area contributed by atoms with Crippen LogP contribution in [-0.2, 0) is 9.59 Å². The topological polar surface area (TPSA) is 108 Å². The van der Waals surface area contributed by atoms with Crippen molar-refractivity contribution in [1.82, 2.24) is 10.6 Å². The number of urea groups is 1. The Morgan fingerprint density at radius 1 is 1.25 bits per heavy atom. The number of hydrogen-bond donors (Lipinski definition) is 3. The highest BCUT2D eigenvalue weighted by Crippen LogP contribution is 1.97. The standard InChI is InChI=1S/C5H5N3O4/c9-3-2(1-6-12)4(10)8-5(11)7-3/h1-2,12H,(H2,7,8,9,10,11)/b6-1+. The molecular weight excluding hydrogens is 166 g/mol. The van der Waals surface area contributed by atoms with E-state index in [1.807, 2.05) is 10.6 Å². The van der Waals surface area contributed by atoms with Crippen LogP contribution in [0, 0.1) is 5.92 Å². The van der Waals surface area contributed by atoms with Crippen LogP contribution in [-0.4, -0.2) is 29.3 Å².